The number of carbonyl (C=O) groups excluding carboxylic acids is 1. The normalized spacial score (nSPS) is 21.8. The highest BCUT2D eigenvalue weighted by atomic mass is 19.4. The molecule has 2 amide bonds. The van der Waals surface area contributed by atoms with Gasteiger partial charge in [-0.2, -0.15) is 13.2 Å². The Morgan fingerprint density at radius 2 is 1.68 bits per heavy atom. The van der Waals surface area contributed by atoms with Crippen molar-refractivity contribution in [3.63, 3.8) is 0 Å². The number of piperidine rings is 1. The number of nitrogens with zero attached hydrogens (tertiary/aromatic N) is 4. The van der Waals surface area contributed by atoms with E-state index in [1.165, 1.54) is 12.8 Å². The van der Waals surface area contributed by atoms with E-state index < -0.39 is 11.9 Å². The van der Waals surface area contributed by atoms with Crippen molar-refractivity contribution in [1.82, 2.24) is 20.2 Å². The molecule has 3 aliphatic rings. The lowest BCUT2D eigenvalue weighted by Gasteiger charge is -2.39. The molecule has 3 fully saturated rings. The van der Waals surface area contributed by atoms with Crippen LogP contribution in [0.5, 0.6) is 0 Å². The van der Waals surface area contributed by atoms with Crippen LogP contribution < -0.4 is 10.2 Å². The van der Waals surface area contributed by atoms with E-state index in [0.717, 1.165) is 50.9 Å². The number of hydrogen-bond donors (Lipinski definition) is 1. The van der Waals surface area contributed by atoms with Crippen molar-refractivity contribution < 1.29 is 18.0 Å². The summed E-state index contributed by atoms with van der Waals surface area (Å²) >= 11 is 0. The Morgan fingerprint density at radius 1 is 1.04 bits per heavy atom. The van der Waals surface area contributed by atoms with E-state index in [0.29, 0.717) is 18.9 Å². The van der Waals surface area contributed by atoms with Crippen LogP contribution in [0.25, 0.3) is 0 Å². The molecule has 1 aromatic heterocycles. The van der Waals surface area contributed by atoms with Crippen molar-refractivity contribution >= 4 is 11.8 Å². The van der Waals surface area contributed by atoms with Crippen LogP contribution in [0.1, 0.15) is 57.1 Å². The van der Waals surface area contributed by atoms with E-state index in [9.17, 15) is 18.0 Å². The topological polar surface area (TPSA) is 61.4 Å². The number of aromatic nitrogens is 2. The molecule has 2 heterocycles. The number of alkyl halides is 3. The molecule has 9 heteroatoms. The van der Waals surface area contributed by atoms with Gasteiger partial charge in [0.15, 0.2) is 0 Å². The number of rotatable bonds is 4. The SMILES string of the molecule is O=C(NC1CCCC1)N1CCC(N(c2cc(C(F)(F)F)ncn2)C2CC2)CC1. The molecule has 1 aromatic rings. The van der Waals surface area contributed by atoms with Crippen molar-refractivity contribution in [1.29, 1.82) is 0 Å². The molecule has 4 rings (SSSR count). The Balaban J connectivity index is 1.40. The molecule has 0 bridgehead atoms. The first-order chi connectivity index (χ1) is 13.4. The van der Waals surface area contributed by atoms with Gasteiger partial charge in [0.05, 0.1) is 0 Å². The molecule has 0 spiro atoms. The van der Waals surface area contributed by atoms with Gasteiger partial charge in [0.2, 0.25) is 0 Å². The fourth-order valence-electron chi connectivity index (χ4n) is 4.35. The number of carbonyl (C=O) groups is 1. The second-order valence-corrected chi connectivity index (χ2v) is 8.05. The maximum Gasteiger partial charge on any atom is 0.433 e. The van der Waals surface area contributed by atoms with Gasteiger partial charge in [0, 0.05) is 37.3 Å². The van der Waals surface area contributed by atoms with E-state index in [1.807, 2.05) is 9.80 Å². The third-order valence-electron chi connectivity index (χ3n) is 5.98. The van der Waals surface area contributed by atoms with Gasteiger partial charge >= 0.3 is 12.2 Å². The van der Waals surface area contributed by atoms with Gasteiger partial charge in [0.1, 0.15) is 17.8 Å². The number of halogens is 3. The lowest BCUT2D eigenvalue weighted by Crippen LogP contribution is -2.51. The fourth-order valence-corrected chi connectivity index (χ4v) is 4.35. The molecule has 0 radical (unpaired) electrons. The van der Waals surface area contributed by atoms with Gasteiger partial charge in [-0.05, 0) is 38.5 Å². The van der Waals surface area contributed by atoms with Crippen molar-refractivity contribution in [2.24, 2.45) is 0 Å². The minimum absolute atomic E-state index is 0.00952. The Kier molecular flexibility index (Phi) is 5.33. The number of nitrogens with one attached hydrogen (secondary N) is 1. The van der Waals surface area contributed by atoms with Crippen molar-refractivity contribution in [2.45, 2.75) is 75.7 Å². The highest BCUT2D eigenvalue weighted by molar-refractivity contribution is 5.74. The molecule has 1 N–H and O–H groups in total. The molecular weight excluding hydrogens is 371 g/mol. The maximum absolute atomic E-state index is 13.0. The molecule has 0 aromatic carbocycles. The smallest absolute Gasteiger partial charge is 0.350 e. The van der Waals surface area contributed by atoms with Gasteiger partial charge in [-0.3, -0.25) is 0 Å². The number of likely N-dealkylation sites (tertiary alicyclic amines) is 1. The number of hydrogen-bond acceptors (Lipinski definition) is 4. The van der Waals surface area contributed by atoms with Crippen LogP contribution in [-0.2, 0) is 6.18 Å². The van der Waals surface area contributed by atoms with Gasteiger partial charge < -0.3 is 15.1 Å². The second-order valence-electron chi connectivity index (χ2n) is 8.05. The van der Waals surface area contributed by atoms with Gasteiger partial charge in [0.25, 0.3) is 0 Å². The summed E-state index contributed by atoms with van der Waals surface area (Å²) in [6.07, 6.45) is 4.36. The first kappa shape index (κ1) is 19.3. The summed E-state index contributed by atoms with van der Waals surface area (Å²) in [7, 11) is 0. The molecule has 1 saturated heterocycles. The predicted molar refractivity (Wildman–Crippen MR) is 97.9 cm³/mol. The molecule has 6 nitrogen and oxygen atoms in total. The molecule has 0 atom stereocenters. The fraction of sp³-hybridized carbons (Fsp3) is 0.737. The highest BCUT2D eigenvalue weighted by Gasteiger charge is 2.39. The lowest BCUT2D eigenvalue weighted by atomic mass is 10.0. The summed E-state index contributed by atoms with van der Waals surface area (Å²) < 4.78 is 39.1. The Hall–Kier alpha value is -2.06. The zero-order valence-corrected chi connectivity index (χ0v) is 15.8. The summed E-state index contributed by atoms with van der Waals surface area (Å²) in [5, 5.41) is 3.11. The maximum atomic E-state index is 13.0. The van der Waals surface area contributed by atoms with E-state index in [2.05, 4.69) is 15.3 Å². The van der Waals surface area contributed by atoms with Crippen LogP contribution in [0.4, 0.5) is 23.8 Å². The first-order valence-corrected chi connectivity index (χ1v) is 10.1. The third-order valence-corrected chi connectivity index (χ3v) is 5.98. The van der Waals surface area contributed by atoms with Crippen LogP contribution in [0.15, 0.2) is 12.4 Å². The van der Waals surface area contributed by atoms with Crippen molar-refractivity contribution in [3.05, 3.63) is 18.1 Å². The minimum Gasteiger partial charge on any atom is -0.350 e. The summed E-state index contributed by atoms with van der Waals surface area (Å²) in [6.45, 7) is 1.23. The van der Waals surface area contributed by atoms with Crippen LogP contribution in [0, 0.1) is 0 Å². The minimum atomic E-state index is -4.48. The van der Waals surface area contributed by atoms with Gasteiger partial charge in [-0.15, -0.1) is 0 Å². The van der Waals surface area contributed by atoms with Crippen LogP contribution in [0.2, 0.25) is 0 Å². The monoisotopic (exact) mass is 397 g/mol. The first-order valence-electron chi connectivity index (χ1n) is 10.1. The molecule has 2 aliphatic carbocycles. The summed E-state index contributed by atoms with van der Waals surface area (Å²) in [4.78, 5) is 23.8. The third kappa shape index (κ3) is 4.33. The molecule has 0 unspecified atom stereocenters. The van der Waals surface area contributed by atoms with Crippen LogP contribution >= 0.6 is 0 Å². The molecule has 1 aliphatic heterocycles. The van der Waals surface area contributed by atoms with Crippen LogP contribution in [-0.4, -0.2) is 52.1 Å². The van der Waals surface area contributed by atoms with Gasteiger partial charge in [-0.25, -0.2) is 14.8 Å². The average Bonchev–Trinajstić information content (AvgIpc) is 3.37. The largest absolute Gasteiger partial charge is 0.433 e. The Labute approximate surface area is 162 Å². The van der Waals surface area contributed by atoms with E-state index in [4.69, 9.17) is 0 Å². The number of anilines is 1. The average molecular weight is 397 g/mol. The summed E-state index contributed by atoms with van der Waals surface area (Å²) in [5.74, 6) is 0.346. The zero-order chi connectivity index (χ0) is 19.7. The molecule has 2 saturated carbocycles. The summed E-state index contributed by atoms with van der Waals surface area (Å²) in [6, 6.07) is 1.66. The number of urea groups is 1. The Morgan fingerprint density at radius 3 is 2.29 bits per heavy atom. The van der Waals surface area contributed by atoms with Crippen LogP contribution in [0.3, 0.4) is 0 Å². The molecular formula is C19H26F3N5O. The number of amides is 2. The summed E-state index contributed by atoms with van der Waals surface area (Å²) in [5.41, 5.74) is -0.906. The lowest BCUT2D eigenvalue weighted by molar-refractivity contribution is -0.141. The van der Waals surface area contributed by atoms with Gasteiger partial charge in [-0.1, -0.05) is 12.8 Å². The van der Waals surface area contributed by atoms with E-state index in [1.54, 1.807) is 0 Å². The van der Waals surface area contributed by atoms with Crippen molar-refractivity contribution in [3.8, 4) is 0 Å². The molecule has 28 heavy (non-hydrogen) atoms. The predicted octanol–water partition coefficient (Wildman–Crippen LogP) is 3.58. The zero-order valence-electron chi connectivity index (χ0n) is 15.8. The van der Waals surface area contributed by atoms with Crippen molar-refractivity contribution in [2.75, 3.05) is 18.0 Å². The quantitative estimate of drug-likeness (QED) is 0.844. The standard InChI is InChI=1S/C19H26F3N5O/c20-19(21,22)16-11-17(24-12-23-16)27(14-5-6-14)15-7-9-26(10-8-15)18(28)25-13-3-1-2-4-13/h11-15H,1-10H2,(H,25,28). The second kappa shape index (κ2) is 7.75. The molecule has 154 valence electrons. The Bertz CT molecular complexity index is 695. The van der Waals surface area contributed by atoms with E-state index >= 15 is 0 Å². The highest BCUT2D eigenvalue weighted by Crippen LogP contribution is 2.37. The van der Waals surface area contributed by atoms with E-state index in [-0.39, 0.29) is 24.2 Å².